The average molecular weight is 428 g/mol. The molecule has 1 aliphatic heterocycles. The van der Waals surface area contributed by atoms with Gasteiger partial charge in [-0.1, -0.05) is 47.2 Å². The second-order valence-electron chi connectivity index (χ2n) is 6.99. The zero-order valence-electron chi connectivity index (χ0n) is 15.3. The van der Waals surface area contributed by atoms with E-state index in [2.05, 4.69) is 30.0 Å². The standard InChI is InChI=1S/C21H18ClN3OS2/c1-13-6-7-15-17(12-13)28-21(23-15)25-10-8-24(9-11-25)20(26)19-18(22)14-4-2-3-5-16(14)27-19/h2-7,12H,8-11H2,1H3. The van der Waals surface area contributed by atoms with E-state index in [4.69, 9.17) is 16.6 Å². The van der Waals surface area contributed by atoms with Gasteiger partial charge in [0.05, 0.1) is 15.2 Å². The highest BCUT2D eigenvalue weighted by Crippen LogP contribution is 2.36. The van der Waals surface area contributed by atoms with Gasteiger partial charge in [-0.25, -0.2) is 4.98 Å². The molecule has 0 atom stereocenters. The molecular formula is C21H18ClN3OS2. The summed E-state index contributed by atoms with van der Waals surface area (Å²) in [7, 11) is 0. The maximum Gasteiger partial charge on any atom is 0.265 e. The lowest BCUT2D eigenvalue weighted by atomic mass is 10.2. The summed E-state index contributed by atoms with van der Waals surface area (Å²) in [6.07, 6.45) is 0. The molecule has 1 amide bonds. The van der Waals surface area contributed by atoms with Crippen LogP contribution in [0, 0.1) is 6.92 Å². The third-order valence-corrected chi connectivity index (χ3v) is 7.84. The van der Waals surface area contributed by atoms with Crippen LogP contribution in [-0.2, 0) is 0 Å². The molecule has 2 aromatic carbocycles. The highest BCUT2D eigenvalue weighted by atomic mass is 35.5. The normalized spacial score (nSPS) is 14.9. The van der Waals surface area contributed by atoms with E-state index < -0.39 is 0 Å². The summed E-state index contributed by atoms with van der Waals surface area (Å²) in [5, 5.41) is 2.57. The lowest BCUT2D eigenvalue weighted by molar-refractivity contribution is 0.0752. The number of halogens is 1. The Hall–Kier alpha value is -2.15. The van der Waals surface area contributed by atoms with Crippen molar-refractivity contribution in [3.8, 4) is 0 Å². The van der Waals surface area contributed by atoms with Crippen molar-refractivity contribution < 1.29 is 4.79 Å². The number of thiazole rings is 1. The molecule has 0 radical (unpaired) electrons. The fraction of sp³-hybridized carbons (Fsp3) is 0.238. The number of anilines is 1. The molecule has 142 valence electrons. The van der Waals surface area contributed by atoms with Crippen LogP contribution in [0.5, 0.6) is 0 Å². The molecule has 5 rings (SSSR count). The zero-order valence-corrected chi connectivity index (χ0v) is 17.7. The summed E-state index contributed by atoms with van der Waals surface area (Å²) >= 11 is 9.70. The molecule has 0 aliphatic carbocycles. The van der Waals surface area contributed by atoms with E-state index in [-0.39, 0.29) is 5.91 Å². The van der Waals surface area contributed by atoms with Gasteiger partial charge in [0.15, 0.2) is 5.13 Å². The Morgan fingerprint density at radius 2 is 1.82 bits per heavy atom. The van der Waals surface area contributed by atoms with E-state index in [0.717, 1.165) is 33.8 Å². The lowest BCUT2D eigenvalue weighted by Gasteiger charge is -2.34. The first-order chi connectivity index (χ1) is 13.6. The Bertz CT molecular complexity index is 1190. The molecule has 4 aromatic rings. The molecule has 0 spiro atoms. The topological polar surface area (TPSA) is 36.4 Å². The van der Waals surface area contributed by atoms with E-state index >= 15 is 0 Å². The molecular weight excluding hydrogens is 410 g/mol. The van der Waals surface area contributed by atoms with Crippen LogP contribution < -0.4 is 4.90 Å². The van der Waals surface area contributed by atoms with E-state index in [0.29, 0.717) is 23.0 Å². The fourth-order valence-electron chi connectivity index (χ4n) is 3.55. The van der Waals surface area contributed by atoms with Gasteiger partial charge in [-0.15, -0.1) is 11.3 Å². The molecule has 0 unspecified atom stereocenters. The number of aromatic nitrogens is 1. The second kappa shape index (κ2) is 7.03. The van der Waals surface area contributed by atoms with Gasteiger partial charge >= 0.3 is 0 Å². The molecule has 4 nitrogen and oxygen atoms in total. The van der Waals surface area contributed by atoms with Crippen molar-refractivity contribution in [1.82, 2.24) is 9.88 Å². The van der Waals surface area contributed by atoms with Crippen molar-refractivity contribution in [3.05, 3.63) is 57.9 Å². The van der Waals surface area contributed by atoms with Crippen LogP contribution in [0.25, 0.3) is 20.3 Å². The predicted octanol–water partition coefficient (Wildman–Crippen LogP) is 5.44. The van der Waals surface area contributed by atoms with E-state index in [1.54, 1.807) is 11.3 Å². The van der Waals surface area contributed by atoms with E-state index in [1.807, 2.05) is 29.2 Å². The van der Waals surface area contributed by atoms with Gasteiger partial charge in [0.1, 0.15) is 4.88 Å². The first-order valence-corrected chi connectivity index (χ1v) is 11.2. The molecule has 2 aromatic heterocycles. The number of thiophene rings is 1. The summed E-state index contributed by atoms with van der Waals surface area (Å²) in [6, 6.07) is 14.3. The number of carbonyl (C=O) groups is 1. The minimum Gasteiger partial charge on any atom is -0.345 e. The molecule has 1 fully saturated rings. The van der Waals surface area contributed by atoms with Crippen LogP contribution in [0.1, 0.15) is 15.2 Å². The molecule has 1 saturated heterocycles. The van der Waals surface area contributed by atoms with Gasteiger partial charge in [0.2, 0.25) is 0 Å². The molecule has 0 bridgehead atoms. The summed E-state index contributed by atoms with van der Waals surface area (Å²) in [4.78, 5) is 22.6. The van der Waals surface area contributed by atoms with Crippen LogP contribution in [0.2, 0.25) is 5.02 Å². The molecule has 7 heteroatoms. The van der Waals surface area contributed by atoms with Gasteiger partial charge in [-0.2, -0.15) is 0 Å². The number of rotatable bonds is 2. The van der Waals surface area contributed by atoms with Crippen LogP contribution in [0.4, 0.5) is 5.13 Å². The van der Waals surface area contributed by atoms with Crippen molar-refractivity contribution in [1.29, 1.82) is 0 Å². The first kappa shape index (κ1) is 17.9. The second-order valence-corrected chi connectivity index (χ2v) is 9.43. The highest BCUT2D eigenvalue weighted by molar-refractivity contribution is 7.22. The van der Waals surface area contributed by atoms with Crippen molar-refractivity contribution in [2.45, 2.75) is 6.92 Å². The number of benzene rings is 2. The van der Waals surface area contributed by atoms with E-state index in [9.17, 15) is 4.79 Å². The number of nitrogens with zero attached hydrogens (tertiary/aromatic N) is 3. The van der Waals surface area contributed by atoms with Gasteiger partial charge in [0.25, 0.3) is 5.91 Å². The number of aryl methyl sites for hydroxylation is 1. The Labute approximate surface area is 176 Å². The predicted molar refractivity (Wildman–Crippen MR) is 119 cm³/mol. The summed E-state index contributed by atoms with van der Waals surface area (Å²) in [6.45, 7) is 5.03. The number of hydrogen-bond donors (Lipinski definition) is 0. The van der Waals surface area contributed by atoms with Crippen LogP contribution in [-0.4, -0.2) is 42.0 Å². The van der Waals surface area contributed by atoms with Crippen molar-refractivity contribution >= 4 is 65.6 Å². The smallest absolute Gasteiger partial charge is 0.265 e. The minimum absolute atomic E-state index is 0.0331. The molecule has 3 heterocycles. The first-order valence-electron chi connectivity index (χ1n) is 9.18. The quantitative estimate of drug-likeness (QED) is 0.427. The van der Waals surface area contributed by atoms with Crippen molar-refractivity contribution in [2.24, 2.45) is 0 Å². The van der Waals surface area contributed by atoms with Crippen molar-refractivity contribution in [2.75, 3.05) is 31.1 Å². The fourth-order valence-corrected chi connectivity index (χ4v) is 6.15. The van der Waals surface area contributed by atoms with Gasteiger partial charge in [-0.05, 0) is 30.7 Å². The average Bonchev–Trinajstić information content (AvgIpc) is 3.29. The maximum absolute atomic E-state index is 13.0. The van der Waals surface area contributed by atoms with Crippen molar-refractivity contribution in [3.63, 3.8) is 0 Å². The largest absolute Gasteiger partial charge is 0.345 e. The molecule has 0 N–H and O–H groups in total. The van der Waals surface area contributed by atoms with Gasteiger partial charge in [-0.3, -0.25) is 4.79 Å². The summed E-state index contributed by atoms with van der Waals surface area (Å²) < 4.78 is 2.27. The van der Waals surface area contributed by atoms with Gasteiger partial charge < -0.3 is 9.80 Å². The number of piperazine rings is 1. The Balaban J connectivity index is 1.33. The minimum atomic E-state index is 0.0331. The molecule has 1 aliphatic rings. The summed E-state index contributed by atoms with van der Waals surface area (Å²) in [5.41, 5.74) is 2.29. The van der Waals surface area contributed by atoms with E-state index in [1.165, 1.54) is 21.6 Å². The molecule has 28 heavy (non-hydrogen) atoms. The van der Waals surface area contributed by atoms with Gasteiger partial charge in [0, 0.05) is 36.3 Å². The lowest BCUT2D eigenvalue weighted by Crippen LogP contribution is -2.48. The Morgan fingerprint density at radius 1 is 1.04 bits per heavy atom. The zero-order chi connectivity index (χ0) is 19.3. The third kappa shape index (κ3) is 3.05. The number of carbonyl (C=O) groups excluding carboxylic acids is 1. The monoisotopic (exact) mass is 427 g/mol. The number of fused-ring (bicyclic) bond motifs is 2. The number of amides is 1. The third-order valence-electron chi connectivity index (χ3n) is 5.10. The van der Waals surface area contributed by atoms with Crippen LogP contribution >= 0.6 is 34.3 Å². The van der Waals surface area contributed by atoms with Crippen LogP contribution in [0.3, 0.4) is 0 Å². The Morgan fingerprint density at radius 3 is 2.61 bits per heavy atom. The molecule has 0 saturated carbocycles. The SMILES string of the molecule is Cc1ccc2nc(N3CCN(C(=O)c4sc5ccccc5c4Cl)CC3)sc2c1. The summed E-state index contributed by atoms with van der Waals surface area (Å²) in [5.74, 6) is 0.0331. The number of hydrogen-bond acceptors (Lipinski definition) is 5. The maximum atomic E-state index is 13.0. The highest BCUT2D eigenvalue weighted by Gasteiger charge is 2.27. The Kier molecular flexibility index (Phi) is 4.50. The van der Waals surface area contributed by atoms with Crippen LogP contribution in [0.15, 0.2) is 42.5 Å².